The zero-order chi connectivity index (χ0) is 15.9. The standard InChI is InChI=1S/C14H12BrF2N3O2/c1-7-5-10-8(18-12(7)15)3-2-4-20(10)14(21)11-6-9(13(16)17)19-22-11/h5-6,13H,2-4H2,1H3. The molecule has 0 bridgehead atoms. The molecular formula is C14H12BrF2N3O2. The first-order valence-electron chi connectivity index (χ1n) is 6.70. The molecule has 116 valence electrons. The third-order valence-corrected chi connectivity index (χ3v) is 4.30. The number of carbonyl (C=O) groups is 1. The van der Waals surface area contributed by atoms with E-state index in [0.717, 1.165) is 34.8 Å². The first-order valence-corrected chi connectivity index (χ1v) is 7.49. The zero-order valence-corrected chi connectivity index (χ0v) is 13.2. The van der Waals surface area contributed by atoms with Gasteiger partial charge in [0, 0.05) is 12.6 Å². The Balaban J connectivity index is 1.96. The fourth-order valence-electron chi connectivity index (χ4n) is 2.39. The molecule has 3 rings (SSSR count). The molecule has 22 heavy (non-hydrogen) atoms. The summed E-state index contributed by atoms with van der Waals surface area (Å²) in [6.45, 7) is 2.36. The summed E-state index contributed by atoms with van der Waals surface area (Å²) in [5.41, 5.74) is 1.84. The highest BCUT2D eigenvalue weighted by Gasteiger charge is 2.28. The van der Waals surface area contributed by atoms with E-state index in [9.17, 15) is 13.6 Å². The van der Waals surface area contributed by atoms with Crippen LogP contribution < -0.4 is 4.90 Å². The maximum absolute atomic E-state index is 12.6. The van der Waals surface area contributed by atoms with Crippen LogP contribution in [-0.4, -0.2) is 22.6 Å². The van der Waals surface area contributed by atoms with Crippen molar-refractivity contribution in [2.75, 3.05) is 11.4 Å². The maximum atomic E-state index is 12.6. The number of carbonyl (C=O) groups excluding carboxylic acids is 1. The molecule has 0 saturated heterocycles. The van der Waals surface area contributed by atoms with Gasteiger partial charge in [0.15, 0.2) is 5.69 Å². The molecule has 1 aliphatic heterocycles. The number of hydrogen-bond acceptors (Lipinski definition) is 4. The first kappa shape index (κ1) is 15.1. The third kappa shape index (κ3) is 2.63. The average molecular weight is 372 g/mol. The second-order valence-corrected chi connectivity index (χ2v) is 5.79. The predicted octanol–water partition coefficient (Wildman–Crippen LogP) is 3.67. The summed E-state index contributed by atoms with van der Waals surface area (Å²) in [6, 6.07) is 2.84. The third-order valence-electron chi connectivity index (χ3n) is 3.50. The summed E-state index contributed by atoms with van der Waals surface area (Å²) in [7, 11) is 0. The van der Waals surface area contributed by atoms with Crippen LogP contribution in [0.25, 0.3) is 0 Å². The normalized spacial score (nSPS) is 14.3. The van der Waals surface area contributed by atoms with Crippen molar-refractivity contribution < 1.29 is 18.1 Å². The lowest BCUT2D eigenvalue weighted by Gasteiger charge is -2.28. The van der Waals surface area contributed by atoms with Crippen LogP contribution in [-0.2, 0) is 6.42 Å². The van der Waals surface area contributed by atoms with Crippen molar-refractivity contribution in [2.24, 2.45) is 0 Å². The van der Waals surface area contributed by atoms with Crippen LogP contribution in [0, 0.1) is 6.92 Å². The van der Waals surface area contributed by atoms with E-state index in [1.165, 1.54) is 4.90 Å². The van der Waals surface area contributed by atoms with Gasteiger partial charge in [-0.1, -0.05) is 5.16 Å². The second-order valence-electron chi connectivity index (χ2n) is 5.04. The van der Waals surface area contributed by atoms with Crippen LogP contribution in [0.4, 0.5) is 14.5 Å². The SMILES string of the molecule is Cc1cc2c(nc1Br)CCCN2C(=O)c1cc(C(F)F)no1. The molecule has 0 N–H and O–H groups in total. The predicted molar refractivity (Wildman–Crippen MR) is 78.1 cm³/mol. The Kier molecular flexibility index (Phi) is 3.94. The molecule has 1 aliphatic rings. The van der Waals surface area contributed by atoms with Crippen molar-refractivity contribution in [1.29, 1.82) is 0 Å². The van der Waals surface area contributed by atoms with Crippen LogP contribution in [0.1, 0.15) is 40.4 Å². The molecule has 8 heteroatoms. The Morgan fingerprint density at radius 1 is 1.45 bits per heavy atom. The fraction of sp³-hybridized carbons (Fsp3) is 0.357. The molecule has 1 amide bonds. The molecule has 2 aromatic rings. The van der Waals surface area contributed by atoms with Gasteiger partial charge in [-0.15, -0.1) is 0 Å². The van der Waals surface area contributed by atoms with Crippen LogP contribution in [0.15, 0.2) is 21.3 Å². The maximum Gasteiger partial charge on any atom is 0.296 e. The van der Waals surface area contributed by atoms with E-state index in [2.05, 4.69) is 26.1 Å². The molecule has 5 nitrogen and oxygen atoms in total. The van der Waals surface area contributed by atoms with Gasteiger partial charge in [0.2, 0.25) is 5.76 Å². The van der Waals surface area contributed by atoms with E-state index in [1.54, 1.807) is 0 Å². The number of aryl methyl sites for hydroxylation is 2. The summed E-state index contributed by atoms with van der Waals surface area (Å²) in [5, 5.41) is 3.22. The lowest BCUT2D eigenvalue weighted by molar-refractivity contribution is 0.0946. The summed E-state index contributed by atoms with van der Waals surface area (Å²) in [4.78, 5) is 18.4. The Labute approximate surface area is 133 Å². The number of fused-ring (bicyclic) bond motifs is 1. The summed E-state index contributed by atoms with van der Waals surface area (Å²) in [6.07, 6.45) is -1.26. The van der Waals surface area contributed by atoms with Crippen molar-refractivity contribution in [3.63, 3.8) is 0 Å². The van der Waals surface area contributed by atoms with Gasteiger partial charge in [0.05, 0.1) is 11.4 Å². The Morgan fingerprint density at radius 3 is 2.91 bits per heavy atom. The number of rotatable bonds is 2. The van der Waals surface area contributed by atoms with Gasteiger partial charge in [0.1, 0.15) is 4.60 Å². The Morgan fingerprint density at radius 2 is 2.23 bits per heavy atom. The molecular weight excluding hydrogens is 360 g/mol. The summed E-state index contributed by atoms with van der Waals surface area (Å²) in [5.74, 6) is -0.674. The number of hydrogen-bond donors (Lipinski definition) is 0. The van der Waals surface area contributed by atoms with Gasteiger partial charge in [0.25, 0.3) is 12.3 Å². The number of amides is 1. The number of alkyl halides is 2. The highest BCUT2D eigenvalue weighted by atomic mass is 79.9. The van der Waals surface area contributed by atoms with Gasteiger partial charge in [-0.3, -0.25) is 4.79 Å². The van der Waals surface area contributed by atoms with Crippen LogP contribution in [0.3, 0.4) is 0 Å². The largest absolute Gasteiger partial charge is 0.351 e. The van der Waals surface area contributed by atoms with E-state index in [4.69, 9.17) is 4.52 Å². The van der Waals surface area contributed by atoms with Gasteiger partial charge in [-0.25, -0.2) is 13.8 Å². The molecule has 0 spiro atoms. The molecule has 0 radical (unpaired) electrons. The molecule has 0 unspecified atom stereocenters. The Bertz CT molecular complexity index is 733. The highest BCUT2D eigenvalue weighted by molar-refractivity contribution is 9.10. The van der Waals surface area contributed by atoms with Crippen LogP contribution >= 0.6 is 15.9 Å². The molecule has 3 heterocycles. The fourth-order valence-corrected chi connectivity index (χ4v) is 2.72. The molecule has 0 saturated carbocycles. The van der Waals surface area contributed by atoms with E-state index < -0.39 is 18.0 Å². The van der Waals surface area contributed by atoms with E-state index >= 15 is 0 Å². The Hall–Kier alpha value is -1.83. The molecule has 2 aromatic heterocycles. The monoisotopic (exact) mass is 371 g/mol. The van der Waals surface area contributed by atoms with Gasteiger partial charge < -0.3 is 9.42 Å². The van der Waals surface area contributed by atoms with Gasteiger partial charge >= 0.3 is 0 Å². The summed E-state index contributed by atoms with van der Waals surface area (Å²) < 4.78 is 30.6. The van der Waals surface area contributed by atoms with Crippen molar-refractivity contribution >= 4 is 27.5 Å². The minimum absolute atomic E-state index is 0.191. The molecule has 0 fully saturated rings. The molecule has 0 atom stereocenters. The lowest BCUT2D eigenvalue weighted by Crippen LogP contribution is -2.35. The number of nitrogens with zero attached hydrogens (tertiary/aromatic N) is 3. The van der Waals surface area contributed by atoms with Gasteiger partial charge in [-0.2, -0.15) is 0 Å². The van der Waals surface area contributed by atoms with Crippen molar-refractivity contribution in [3.8, 4) is 0 Å². The first-order chi connectivity index (χ1) is 10.5. The number of aromatic nitrogens is 2. The zero-order valence-electron chi connectivity index (χ0n) is 11.6. The van der Waals surface area contributed by atoms with Gasteiger partial charge in [-0.05, 0) is 47.3 Å². The average Bonchev–Trinajstić information content (AvgIpc) is 2.97. The van der Waals surface area contributed by atoms with Crippen molar-refractivity contribution in [1.82, 2.24) is 10.1 Å². The van der Waals surface area contributed by atoms with E-state index in [-0.39, 0.29) is 5.76 Å². The summed E-state index contributed by atoms with van der Waals surface area (Å²) >= 11 is 3.37. The smallest absolute Gasteiger partial charge is 0.296 e. The topological polar surface area (TPSA) is 59.2 Å². The lowest BCUT2D eigenvalue weighted by atomic mass is 10.1. The second kappa shape index (κ2) is 5.75. The van der Waals surface area contributed by atoms with E-state index in [0.29, 0.717) is 12.2 Å². The number of halogens is 3. The van der Waals surface area contributed by atoms with Crippen molar-refractivity contribution in [2.45, 2.75) is 26.2 Å². The van der Waals surface area contributed by atoms with E-state index in [1.807, 2.05) is 13.0 Å². The number of anilines is 1. The van der Waals surface area contributed by atoms with Crippen LogP contribution in [0.2, 0.25) is 0 Å². The van der Waals surface area contributed by atoms with Crippen LogP contribution in [0.5, 0.6) is 0 Å². The minimum Gasteiger partial charge on any atom is -0.351 e. The number of pyridine rings is 1. The quantitative estimate of drug-likeness (QED) is 0.755. The van der Waals surface area contributed by atoms with Crippen molar-refractivity contribution in [3.05, 3.63) is 39.4 Å². The minimum atomic E-state index is -2.76. The molecule has 0 aromatic carbocycles. The highest BCUT2D eigenvalue weighted by Crippen LogP contribution is 2.31. The molecule has 0 aliphatic carbocycles.